The number of hydrogen-bond acceptors (Lipinski definition) is 5. The summed E-state index contributed by atoms with van der Waals surface area (Å²) in [6.45, 7) is 8.45. The molecular formula is C27H29Cl2N3O3Si. The molecule has 1 unspecified atom stereocenters. The maximum absolute atomic E-state index is 12.1. The van der Waals surface area contributed by atoms with Crippen LogP contribution >= 0.6 is 23.2 Å². The molecule has 36 heavy (non-hydrogen) atoms. The van der Waals surface area contributed by atoms with Crippen LogP contribution in [0.1, 0.15) is 25.8 Å². The van der Waals surface area contributed by atoms with E-state index in [-0.39, 0.29) is 11.9 Å². The molecule has 0 aliphatic rings. The van der Waals surface area contributed by atoms with Gasteiger partial charge in [0.1, 0.15) is 22.5 Å². The van der Waals surface area contributed by atoms with Gasteiger partial charge in [-0.2, -0.15) is 0 Å². The average molecular weight is 543 g/mol. The van der Waals surface area contributed by atoms with Gasteiger partial charge >= 0.3 is 5.97 Å². The number of carbonyl (C=O) groups is 1. The monoisotopic (exact) mass is 541 g/mol. The molecule has 3 aromatic carbocycles. The van der Waals surface area contributed by atoms with E-state index in [2.05, 4.69) is 35.4 Å². The Morgan fingerprint density at radius 1 is 1.00 bits per heavy atom. The van der Waals surface area contributed by atoms with Gasteiger partial charge in [-0.1, -0.05) is 73.4 Å². The summed E-state index contributed by atoms with van der Waals surface area (Å²) >= 11 is 12.4. The molecule has 0 saturated heterocycles. The van der Waals surface area contributed by atoms with Crippen LogP contribution in [0.2, 0.25) is 23.1 Å². The molecule has 4 rings (SSSR count). The highest BCUT2D eigenvalue weighted by atomic mass is 35.5. The van der Waals surface area contributed by atoms with Crippen LogP contribution in [-0.4, -0.2) is 35.9 Å². The van der Waals surface area contributed by atoms with Crippen molar-refractivity contribution >= 4 is 53.7 Å². The maximum atomic E-state index is 12.1. The number of aromatic nitrogens is 3. The highest BCUT2D eigenvalue weighted by molar-refractivity contribution is 6.85. The van der Waals surface area contributed by atoms with E-state index in [9.17, 15) is 4.79 Å². The van der Waals surface area contributed by atoms with Gasteiger partial charge in [-0.15, -0.1) is 15.0 Å². The van der Waals surface area contributed by atoms with E-state index < -0.39 is 8.32 Å². The van der Waals surface area contributed by atoms with E-state index in [4.69, 9.17) is 32.4 Å². The minimum atomic E-state index is -2.30. The minimum absolute atomic E-state index is 0.110. The normalized spacial score (nSPS) is 12.5. The lowest BCUT2D eigenvalue weighted by Crippen LogP contribution is -2.47. The second kappa shape index (κ2) is 11.0. The van der Waals surface area contributed by atoms with Crippen LogP contribution in [-0.2, 0) is 16.0 Å². The maximum Gasteiger partial charge on any atom is 0.308 e. The van der Waals surface area contributed by atoms with Gasteiger partial charge in [-0.3, -0.25) is 4.79 Å². The van der Waals surface area contributed by atoms with Crippen LogP contribution < -0.4 is 9.61 Å². The molecule has 0 bridgehead atoms. The molecule has 0 radical (unpaired) electrons. The lowest BCUT2D eigenvalue weighted by molar-refractivity contribution is -0.147. The molecule has 1 heterocycles. The number of benzene rings is 3. The van der Waals surface area contributed by atoms with Crippen LogP contribution in [0.5, 0.6) is 5.75 Å². The fourth-order valence-electron chi connectivity index (χ4n) is 3.73. The molecule has 0 aliphatic heterocycles. The van der Waals surface area contributed by atoms with E-state index in [1.165, 1.54) is 5.19 Å². The average Bonchev–Trinajstić information content (AvgIpc) is 3.27. The van der Waals surface area contributed by atoms with E-state index in [0.29, 0.717) is 45.5 Å². The first-order valence-corrected chi connectivity index (χ1v) is 15.6. The number of rotatable bonds is 9. The third kappa shape index (κ3) is 5.91. The Morgan fingerprint density at radius 3 is 2.25 bits per heavy atom. The van der Waals surface area contributed by atoms with Gasteiger partial charge in [0.05, 0.1) is 22.6 Å². The first kappa shape index (κ1) is 26.2. The molecule has 1 atom stereocenters. The molecule has 0 saturated carbocycles. The third-order valence-electron chi connectivity index (χ3n) is 6.15. The number of carbonyl (C=O) groups excluding carboxylic acids is 1. The number of halogens is 2. The highest BCUT2D eigenvalue weighted by Gasteiger charge is 2.29. The van der Waals surface area contributed by atoms with Crippen molar-refractivity contribution < 1.29 is 14.0 Å². The van der Waals surface area contributed by atoms with Crippen LogP contribution in [0.15, 0.2) is 60.7 Å². The number of esters is 1. The summed E-state index contributed by atoms with van der Waals surface area (Å²) in [7, 11) is -2.30. The van der Waals surface area contributed by atoms with Gasteiger partial charge in [0.25, 0.3) is 8.32 Å². The zero-order valence-electron chi connectivity index (χ0n) is 20.8. The van der Waals surface area contributed by atoms with Crippen molar-refractivity contribution in [1.82, 2.24) is 15.0 Å². The number of nitrogens with zero attached hydrogens (tertiary/aromatic N) is 3. The topological polar surface area (TPSA) is 66.2 Å². The van der Waals surface area contributed by atoms with Crippen LogP contribution in [0, 0.1) is 5.92 Å². The summed E-state index contributed by atoms with van der Waals surface area (Å²) in [5.74, 6) is 0.385. The minimum Gasteiger partial charge on any atom is -0.538 e. The SMILES string of the molecule is CCC(C)C(=O)OCCc1ccc(O[Si](C)(C)c2ccccc2)c(-n2nc3cc(Cl)c(Cl)cc3n2)c1. The standard InChI is InChI=1S/C27H29Cl2N3O3Si/c1-5-18(2)27(33)34-14-13-19-11-12-26(35-36(3,4)20-9-7-6-8-10-20)25(15-19)32-30-23-16-21(28)22(29)17-24(23)31-32/h6-12,15-18H,5,13-14H2,1-4H3. The number of ether oxygens (including phenoxy) is 1. The first-order valence-electron chi connectivity index (χ1n) is 11.9. The summed E-state index contributed by atoms with van der Waals surface area (Å²) in [5, 5.41) is 11.3. The van der Waals surface area contributed by atoms with Crippen LogP contribution in [0.3, 0.4) is 0 Å². The molecule has 188 valence electrons. The Hall–Kier alpha value is -2.87. The van der Waals surface area contributed by atoms with Gasteiger partial charge in [0.15, 0.2) is 0 Å². The van der Waals surface area contributed by atoms with Crippen molar-refractivity contribution in [2.24, 2.45) is 5.92 Å². The lowest BCUT2D eigenvalue weighted by atomic mass is 10.1. The fourth-order valence-corrected chi connectivity index (χ4v) is 5.88. The van der Waals surface area contributed by atoms with Crippen LogP contribution in [0.4, 0.5) is 0 Å². The molecule has 9 heteroatoms. The fraction of sp³-hybridized carbons (Fsp3) is 0.296. The predicted octanol–water partition coefficient (Wildman–Crippen LogP) is 6.35. The molecule has 4 aromatic rings. The van der Waals surface area contributed by atoms with Crippen molar-refractivity contribution in [3.63, 3.8) is 0 Å². The van der Waals surface area contributed by atoms with Gasteiger partial charge in [-0.25, -0.2) is 0 Å². The Labute approximate surface area is 222 Å². The summed E-state index contributed by atoms with van der Waals surface area (Å²) in [5.41, 5.74) is 2.93. The van der Waals surface area contributed by atoms with E-state index in [0.717, 1.165) is 12.0 Å². The summed E-state index contributed by atoms with van der Waals surface area (Å²) < 4.78 is 12.1. The van der Waals surface area contributed by atoms with Crippen molar-refractivity contribution in [2.45, 2.75) is 39.8 Å². The predicted molar refractivity (Wildman–Crippen MR) is 147 cm³/mol. The smallest absolute Gasteiger partial charge is 0.308 e. The molecule has 0 amide bonds. The van der Waals surface area contributed by atoms with Gasteiger partial charge < -0.3 is 9.16 Å². The van der Waals surface area contributed by atoms with Gasteiger partial charge in [0, 0.05) is 6.42 Å². The highest BCUT2D eigenvalue weighted by Crippen LogP contribution is 2.30. The summed E-state index contributed by atoms with van der Waals surface area (Å²) in [6.07, 6.45) is 1.32. The summed E-state index contributed by atoms with van der Waals surface area (Å²) in [4.78, 5) is 13.6. The second-order valence-electron chi connectivity index (χ2n) is 9.25. The molecule has 1 aromatic heterocycles. The van der Waals surface area contributed by atoms with Crippen molar-refractivity contribution in [2.75, 3.05) is 6.61 Å². The van der Waals surface area contributed by atoms with E-state index in [1.807, 2.05) is 50.2 Å². The molecule has 6 nitrogen and oxygen atoms in total. The van der Waals surface area contributed by atoms with Crippen LogP contribution in [0.25, 0.3) is 16.7 Å². The van der Waals surface area contributed by atoms with E-state index in [1.54, 1.807) is 16.9 Å². The van der Waals surface area contributed by atoms with Crippen molar-refractivity contribution in [3.8, 4) is 11.4 Å². The third-order valence-corrected chi connectivity index (χ3v) is 9.32. The Morgan fingerprint density at radius 2 is 1.64 bits per heavy atom. The second-order valence-corrected chi connectivity index (χ2v) is 13.9. The Bertz CT molecular complexity index is 1340. The summed E-state index contributed by atoms with van der Waals surface area (Å²) in [6, 6.07) is 19.5. The number of fused-ring (bicyclic) bond motifs is 1. The molecule has 0 N–H and O–H groups in total. The van der Waals surface area contributed by atoms with Crippen molar-refractivity contribution in [3.05, 3.63) is 76.3 Å². The zero-order valence-corrected chi connectivity index (χ0v) is 23.3. The molecule has 0 spiro atoms. The van der Waals surface area contributed by atoms with Gasteiger partial charge in [-0.05, 0) is 54.5 Å². The molecule has 0 aliphatic carbocycles. The first-order chi connectivity index (χ1) is 17.2. The van der Waals surface area contributed by atoms with Gasteiger partial charge in [0.2, 0.25) is 0 Å². The molecular weight excluding hydrogens is 513 g/mol. The largest absolute Gasteiger partial charge is 0.538 e. The Kier molecular flexibility index (Phi) is 8.03. The lowest BCUT2D eigenvalue weighted by Gasteiger charge is -2.26. The van der Waals surface area contributed by atoms with Crippen molar-refractivity contribution in [1.29, 1.82) is 0 Å². The molecule has 0 fully saturated rings. The quantitative estimate of drug-likeness (QED) is 0.182. The Balaban J connectivity index is 1.68. The zero-order chi connectivity index (χ0) is 25.9. The van der Waals surface area contributed by atoms with E-state index >= 15 is 0 Å². The number of hydrogen-bond donors (Lipinski definition) is 0.